The molecular weight excluding hydrogens is 241 g/mol. The minimum absolute atomic E-state index is 0.285. The number of nitrogens with one attached hydrogen (secondary N) is 2. The Kier molecular flexibility index (Phi) is 3.60. The van der Waals surface area contributed by atoms with E-state index in [0.717, 1.165) is 16.3 Å². The molecule has 0 saturated carbocycles. The Balaban J connectivity index is 3.14. The van der Waals surface area contributed by atoms with Crippen LogP contribution < -0.4 is 5.32 Å². The molecule has 68 valence electrons. The minimum atomic E-state index is 0.285. The van der Waals surface area contributed by atoms with Crippen LogP contribution in [0.1, 0.15) is 0 Å². The standard InChI is InChI=1S/C9H7BBrN3/c10-2-6-1-8(11)9(14-5-6)7(3-12)4-13/h1-3,5,10,12,14H/b9-7+,12-3?. The van der Waals surface area contributed by atoms with Crippen LogP contribution in [0, 0.1) is 16.7 Å². The van der Waals surface area contributed by atoms with Crippen LogP contribution in [0.4, 0.5) is 0 Å². The quantitative estimate of drug-likeness (QED) is 0.433. The van der Waals surface area contributed by atoms with Crippen molar-refractivity contribution in [1.29, 1.82) is 10.7 Å². The van der Waals surface area contributed by atoms with Crippen molar-refractivity contribution in [3.05, 3.63) is 33.6 Å². The van der Waals surface area contributed by atoms with Crippen molar-refractivity contribution in [2.45, 2.75) is 0 Å². The zero-order valence-electron chi connectivity index (χ0n) is 7.34. The third kappa shape index (κ3) is 2.09. The van der Waals surface area contributed by atoms with Gasteiger partial charge in [0.2, 0.25) is 0 Å². The van der Waals surface area contributed by atoms with E-state index in [1.54, 1.807) is 12.2 Å². The van der Waals surface area contributed by atoms with Crippen molar-refractivity contribution in [2.24, 2.45) is 0 Å². The molecule has 0 saturated heterocycles. The Bertz CT molecular complexity index is 412. The van der Waals surface area contributed by atoms with Crippen LogP contribution in [-0.4, -0.2) is 19.7 Å². The monoisotopic (exact) mass is 247 g/mol. The molecule has 1 aliphatic heterocycles. The fourth-order valence-electron chi connectivity index (χ4n) is 0.969. The van der Waals surface area contributed by atoms with E-state index in [1.807, 2.05) is 12.1 Å². The Morgan fingerprint density at radius 2 is 2.43 bits per heavy atom. The van der Waals surface area contributed by atoms with Crippen LogP contribution in [0.3, 0.4) is 0 Å². The summed E-state index contributed by atoms with van der Waals surface area (Å²) in [7, 11) is 3.63. The van der Waals surface area contributed by atoms with E-state index in [9.17, 15) is 0 Å². The van der Waals surface area contributed by atoms with Crippen molar-refractivity contribution in [1.82, 2.24) is 5.32 Å². The molecule has 1 aliphatic rings. The van der Waals surface area contributed by atoms with Gasteiger partial charge < -0.3 is 0 Å². The van der Waals surface area contributed by atoms with Crippen LogP contribution >= 0.6 is 15.9 Å². The number of allylic oxidation sites excluding steroid dienone is 4. The number of rotatable bonds is 2. The fourth-order valence-corrected chi connectivity index (χ4v) is 1.56. The number of hydrogen-bond donors (Lipinski definition) is 2. The van der Waals surface area contributed by atoms with E-state index in [-0.39, 0.29) is 5.57 Å². The number of hydrogen-bond acceptors (Lipinski definition) is 3. The second-order valence-electron chi connectivity index (χ2n) is 2.53. The van der Waals surface area contributed by atoms with E-state index in [4.69, 9.17) is 10.7 Å². The Hall–Kier alpha value is -1.41. The van der Waals surface area contributed by atoms with E-state index in [0.29, 0.717) is 5.70 Å². The Morgan fingerprint density at radius 1 is 1.71 bits per heavy atom. The molecular formula is C9H7BBrN3. The number of nitriles is 1. The number of halogens is 1. The van der Waals surface area contributed by atoms with Gasteiger partial charge in [-0.2, -0.15) is 0 Å². The summed E-state index contributed by atoms with van der Waals surface area (Å²) in [5, 5.41) is 18.7. The molecule has 5 heteroatoms. The molecule has 0 spiro atoms. The molecule has 0 aromatic heterocycles. The van der Waals surface area contributed by atoms with Crippen molar-refractivity contribution < 1.29 is 0 Å². The van der Waals surface area contributed by atoms with Gasteiger partial charge in [-0.25, -0.2) is 0 Å². The van der Waals surface area contributed by atoms with Gasteiger partial charge in [-0.3, -0.25) is 0 Å². The summed E-state index contributed by atoms with van der Waals surface area (Å²) in [5.41, 5.74) is 1.81. The Labute approximate surface area is 91.5 Å². The van der Waals surface area contributed by atoms with Crippen molar-refractivity contribution in [3.8, 4) is 6.07 Å². The van der Waals surface area contributed by atoms with Gasteiger partial charge in [0.05, 0.1) is 0 Å². The molecule has 0 radical (unpaired) electrons. The van der Waals surface area contributed by atoms with E-state index >= 15 is 0 Å². The van der Waals surface area contributed by atoms with E-state index in [1.165, 1.54) is 0 Å². The van der Waals surface area contributed by atoms with Gasteiger partial charge in [0.15, 0.2) is 0 Å². The average molecular weight is 248 g/mol. The third-order valence-electron chi connectivity index (χ3n) is 1.69. The topological polar surface area (TPSA) is 59.7 Å². The molecule has 3 nitrogen and oxygen atoms in total. The fraction of sp³-hybridized carbons (Fsp3) is 0. The first-order valence-electron chi connectivity index (χ1n) is 3.84. The molecule has 0 amide bonds. The molecule has 0 bridgehead atoms. The molecule has 0 aromatic rings. The molecule has 0 aliphatic carbocycles. The molecule has 1 rings (SSSR count). The second-order valence-corrected chi connectivity index (χ2v) is 3.38. The zero-order valence-corrected chi connectivity index (χ0v) is 8.93. The molecule has 14 heavy (non-hydrogen) atoms. The summed E-state index contributed by atoms with van der Waals surface area (Å²) >= 11 is 3.32. The van der Waals surface area contributed by atoms with Crippen molar-refractivity contribution in [2.75, 3.05) is 0 Å². The molecule has 1 heterocycles. The third-order valence-corrected chi connectivity index (χ3v) is 2.31. The first kappa shape index (κ1) is 10.7. The predicted molar refractivity (Wildman–Crippen MR) is 62.9 cm³/mol. The van der Waals surface area contributed by atoms with Crippen molar-refractivity contribution in [3.63, 3.8) is 0 Å². The summed E-state index contributed by atoms with van der Waals surface area (Å²) < 4.78 is 0.745. The summed E-state index contributed by atoms with van der Waals surface area (Å²) in [5.74, 6) is 1.70. The molecule has 0 atom stereocenters. The normalized spacial score (nSPS) is 18.2. The summed E-state index contributed by atoms with van der Waals surface area (Å²) in [6, 6.07) is 1.93. The molecule has 0 fully saturated rings. The summed E-state index contributed by atoms with van der Waals surface area (Å²) in [6.07, 6.45) is 4.58. The van der Waals surface area contributed by atoms with Gasteiger partial charge in [-0.1, -0.05) is 0 Å². The number of dihydropyridines is 1. The zero-order chi connectivity index (χ0) is 10.6. The van der Waals surface area contributed by atoms with Crippen LogP contribution in [-0.2, 0) is 0 Å². The van der Waals surface area contributed by atoms with E-state index < -0.39 is 0 Å². The number of nitrogens with zero attached hydrogens (tertiary/aromatic N) is 1. The summed E-state index contributed by atoms with van der Waals surface area (Å²) in [6.45, 7) is 0. The molecule has 2 N–H and O–H groups in total. The molecule has 0 unspecified atom stereocenters. The van der Waals surface area contributed by atoms with Gasteiger partial charge in [-0.15, -0.1) is 0 Å². The van der Waals surface area contributed by atoms with Crippen LogP contribution in [0.25, 0.3) is 0 Å². The second kappa shape index (κ2) is 4.73. The van der Waals surface area contributed by atoms with Crippen LogP contribution in [0.15, 0.2) is 33.6 Å². The van der Waals surface area contributed by atoms with Gasteiger partial charge in [-0.05, 0) is 0 Å². The summed E-state index contributed by atoms with van der Waals surface area (Å²) in [4.78, 5) is 0. The maximum atomic E-state index is 8.73. The Morgan fingerprint density at radius 3 is 2.86 bits per heavy atom. The molecule has 0 aromatic carbocycles. The van der Waals surface area contributed by atoms with Crippen molar-refractivity contribution >= 4 is 35.6 Å². The van der Waals surface area contributed by atoms with Crippen LogP contribution in [0.2, 0.25) is 0 Å². The van der Waals surface area contributed by atoms with E-state index in [2.05, 4.69) is 28.7 Å². The average Bonchev–Trinajstić information content (AvgIpc) is 2.22. The van der Waals surface area contributed by atoms with Gasteiger partial charge in [0, 0.05) is 0 Å². The van der Waals surface area contributed by atoms with Gasteiger partial charge >= 0.3 is 91.3 Å². The maximum absolute atomic E-state index is 8.73. The SMILES string of the molecule is B=CC1=CN/C(=C(/C#N)C=N)C(Br)=C1. The van der Waals surface area contributed by atoms with Gasteiger partial charge in [0.1, 0.15) is 0 Å². The first-order valence-corrected chi connectivity index (χ1v) is 4.63. The van der Waals surface area contributed by atoms with Gasteiger partial charge in [0.25, 0.3) is 0 Å². The predicted octanol–water partition coefficient (Wildman–Crippen LogP) is 0.883. The first-order chi connectivity index (χ1) is 6.72. The van der Waals surface area contributed by atoms with Crippen LogP contribution in [0.5, 0.6) is 0 Å².